The number of hydrogen-bond acceptors (Lipinski definition) is 2. The molecule has 0 aliphatic carbocycles. The van der Waals surface area contributed by atoms with Crippen LogP contribution in [0.3, 0.4) is 0 Å². The molecule has 0 bridgehead atoms. The smallest absolute Gasteiger partial charge is 0.312 e. The number of amides is 1. The van der Waals surface area contributed by atoms with Gasteiger partial charge in [-0.3, -0.25) is 4.79 Å². The van der Waals surface area contributed by atoms with Crippen LogP contribution in [0.4, 0.5) is 23.2 Å². The van der Waals surface area contributed by atoms with Crippen LogP contribution in [-0.2, 0) is 11.0 Å². The first-order chi connectivity index (χ1) is 9.82. The number of azide groups is 1. The second-order valence-corrected chi connectivity index (χ2v) is 4.65. The molecule has 5 nitrogen and oxygen atoms in total. The molecule has 1 heterocycles. The van der Waals surface area contributed by atoms with Crippen LogP contribution in [0, 0.1) is 11.7 Å². The van der Waals surface area contributed by atoms with Crippen molar-refractivity contribution >= 4 is 11.6 Å². The van der Waals surface area contributed by atoms with E-state index in [0.717, 1.165) is 11.0 Å². The van der Waals surface area contributed by atoms with E-state index in [4.69, 9.17) is 5.53 Å². The minimum Gasteiger partial charge on any atom is -0.312 e. The highest BCUT2D eigenvalue weighted by atomic mass is 19.4. The fourth-order valence-corrected chi connectivity index (χ4v) is 2.20. The molecule has 0 spiro atoms. The van der Waals surface area contributed by atoms with Crippen molar-refractivity contribution in [2.45, 2.75) is 12.6 Å². The van der Waals surface area contributed by atoms with Crippen molar-refractivity contribution in [1.82, 2.24) is 0 Å². The van der Waals surface area contributed by atoms with Crippen molar-refractivity contribution in [2.75, 3.05) is 18.0 Å². The van der Waals surface area contributed by atoms with E-state index in [2.05, 4.69) is 10.0 Å². The first-order valence-electron chi connectivity index (χ1n) is 6.01. The number of hydrogen-bond donors (Lipinski definition) is 0. The molecular weight excluding hydrogens is 292 g/mol. The summed E-state index contributed by atoms with van der Waals surface area (Å²) in [4.78, 5) is 15.5. The third kappa shape index (κ3) is 3.25. The summed E-state index contributed by atoms with van der Waals surface area (Å²) in [5.74, 6) is -2.02. The highest BCUT2D eigenvalue weighted by Crippen LogP contribution is 2.35. The Bertz CT molecular complexity index is 610. The second-order valence-electron chi connectivity index (χ2n) is 4.65. The van der Waals surface area contributed by atoms with Crippen LogP contribution in [-0.4, -0.2) is 19.0 Å². The van der Waals surface area contributed by atoms with Gasteiger partial charge >= 0.3 is 6.18 Å². The lowest BCUT2D eigenvalue weighted by Crippen LogP contribution is -2.25. The number of halogens is 4. The third-order valence-corrected chi connectivity index (χ3v) is 3.18. The van der Waals surface area contributed by atoms with Crippen LogP contribution >= 0.6 is 0 Å². The van der Waals surface area contributed by atoms with E-state index in [0.29, 0.717) is 12.1 Å². The first kappa shape index (κ1) is 15.1. The van der Waals surface area contributed by atoms with Gasteiger partial charge in [0.1, 0.15) is 5.82 Å². The lowest BCUT2D eigenvalue weighted by Gasteiger charge is -2.18. The Balaban J connectivity index is 2.26. The SMILES string of the molecule is [N-]=[N+]=NCC1CC(=O)N(c2ccc(F)c(C(F)(F)F)c2)C1. The maximum Gasteiger partial charge on any atom is 0.419 e. The van der Waals surface area contributed by atoms with Gasteiger partial charge in [-0.1, -0.05) is 5.11 Å². The summed E-state index contributed by atoms with van der Waals surface area (Å²) in [6.45, 7) is 0.229. The van der Waals surface area contributed by atoms with Crippen molar-refractivity contribution in [3.63, 3.8) is 0 Å². The monoisotopic (exact) mass is 302 g/mol. The Morgan fingerprint density at radius 3 is 2.76 bits per heavy atom. The molecule has 1 amide bonds. The second kappa shape index (κ2) is 5.61. The summed E-state index contributed by atoms with van der Waals surface area (Å²) in [7, 11) is 0. The number of benzene rings is 1. The van der Waals surface area contributed by atoms with Gasteiger partial charge in [0.25, 0.3) is 0 Å². The summed E-state index contributed by atoms with van der Waals surface area (Å²) in [6, 6.07) is 2.42. The number of carbonyl (C=O) groups excluding carboxylic acids is 1. The number of rotatable bonds is 3. The molecule has 21 heavy (non-hydrogen) atoms. The van der Waals surface area contributed by atoms with Gasteiger partial charge < -0.3 is 4.90 Å². The number of nitrogens with zero attached hydrogens (tertiary/aromatic N) is 4. The normalized spacial score (nSPS) is 18.8. The molecule has 1 fully saturated rings. The number of carbonyl (C=O) groups is 1. The fraction of sp³-hybridized carbons (Fsp3) is 0.417. The van der Waals surface area contributed by atoms with E-state index in [1.165, 1.54) is 0 Å². The molecule has 112 valence electrons. The zero-order valence-corrected chi connectivity index (χ0v) is 10.6. The fourth-order valence-electron chi connectivity index (χ4n) is 2.20. The Hall–Kier alpha value is -2.28. The molecule has 0 N–H and O–H groups in total. The van der Waals surface area contributed by atoms with E-state index in [1.54, 1.807) is 0 Å². The average molecular weight is 302 g/mol. The van der Waals surface area contributed by atoms with E-state index >= 15 is 0 Å². The highest BCUT2D eigenvalue weighted by molar-refractivity contribution is 5.95. The van der Waals surface area contributed by atoms with Crippen molar-refractivity contribution in [2.24, 2.45) is 11.0 Å². The van der Waals surface area contributed by atoms with Crippen molar-refractivity contribution in [3.05, 3.63) is 40.0 Å². The largest absolute Gasteiger partial charge is 0.419 e. The molecule has 0 aromatic heterocycles. The summed E-state index contributed by atoms with van der Waals surface area (Å²) in [6.07, 6.45) is -4.74. The Morgan fingerprint density at radius 2 is 2.14 bits per heavy atom. The van der Waals surface area contributed by atoms with Gasteiger partial charge in [-0.2, -0.15) is 13.2 Å². The van der Waals surface area contributed by atoms with Gasteiger partial charge in [0.05, 0.1) is 5.56 Å². The van der Waals surface area contributed by atoms with Gasteiger partial charge in [-0.05, 0) is 29.6 Å². The molecule has 1 saturated heterocycles. The van der Waals surface area contributed by atoms with Crippen LogP contribution in [0.25, 0.3) is 10.4 Å². The predicted octanol–water partition coefficient (Wildman–Crippen LogP) is 3.51. The minimum absolute atomic E-state index is 0.0165. The summed E-state index contributed by atoms with van der Waals surface area (Å²) in [5.41, 5.74) is 6.80. The van der Waals surface area contributed by atoms with Gasteiger partial charge in [-0.15, -0.1) is 0 Å². The summed E-state index contributed by atoms with van der Waals surface area (Å²) >= 11 is 0. The van der Waals surface area contributed by atoms with E-state index in [-0.39, 0.29) is 37.0 Å². The summed E-state index contributed by atoms with van der Waals surface area (Å²) < 4.78 is 51.2. The van der Waals surface area contributed by atoms with Crippen LogP contribution in [0.15, 0.2) is 23.3 Å². The standard InChI is InChI=1S/C12H10F4N4O/c13-10-2-1-8(4-9(10)12(14,15)16)20-6-7(3-11(20)21)5-18-19-17/h1-2,4,7H,3,5-6H2. The lowest BCUT2D eigenvalue weighted by atomic mass is 10.1. The zero-order valence-electron chi connectivity index (χ0n) is 10.6. The summed E-state index contributed by atoms with van der Waals surface area (Å²) in [5, 5.41) is 3.35. The maximum absolute atomic E-state index is 13.2. The molecule has 9 heteroatoms. The quantitative estimate of drug-likeness (QED) is 0.364. The highest BCUT2D eigenvalue weighted by Gasteiger charge is 2.36. The zero-order chi connectivity index (χ0) is 15.6. The van der Waals surface area contributed by atoms with Gasteiger partial charge in [0, 0.05) is 30.1 Å². The maximum atomic E-state index is 13.2. The number of alkyl halides is 3. The average Bonchev–Trinajstić information content (AvgIpc) is 2.77. The third-order valence-electron chi connectivity index (χ3n) is 3.18. The Kier molecular flexibility index (Phi) is 4.04. The van der Waals surface area contributed by atoms with Gasteiger partial charge in [0.15, 0.2) is 0 Å². The van der Waals surface area contributed by atoms with Crippen molar-refractivity contribution in [1.29, 1.82) is 0 Å². The minimum atomic E-state index is -4.83. The molecule has 0 saturated carbocycles. The Labute approximate surface area is 116 Å². The molecule has 1 aromatic rings. The molecule has 2 rings (SSSR count). The molecule has 1 unspecified atom stereocenters. The van der Waals surface area contributed by atoms with E-state index in [9.17, 15) is 22.4 Å². The molecule has 1 aromatic carbocycles. The molecule has 1 atom stereocenters. The van der Waals surface area contributed by atoms with E-state index in [1.807, 2.05) is 0 Å². The van der Waals surface area contributed by atoms with Crippen molar-refractivity contribution < 1.29 is 22.4 Å². The first-order valence-corrected chi connectivity index (χ1v) is 6.01. The molecule has 0 radical (unpaired) electrons. The lowest BCUT2D eigenvalue weighted by molar-refractivity contribution is -0.140. The van der Waals surface area contributed by atoms with Crippen molar-refractivity contribution in [3.8, 4) is 0 Å². The number of anilines is 1. The Morgan fingerprint density at radius 1 is 1.43 bits per heavy atom. The topological polar surface area (TPSA) is 69.1 Å². The van der Waals surface area contributed by atoms with Gasteiger partial charge in [0.2, 0.25) is 5.91 Å². The van der Waals surface area contributed by atoms with Crippen LogP contribution in [0.2, 0.25) is 0 Å². The van der Waals surface area contributed by atoms with E-state index < -0.39 is 17.6 Å². The molecule has 1 aliphatic rings. The van der Waals surface area contributed by atoms with Crippen LogP contribution in [0.1, 0.15) is 12.0 Å². The predicted molar refractivity (Wildman–Crippen MR) is 65.9 cm³/mol. The molecular formula is C12H10F4N4O. The van der Waals surface area contributed by atoms with Gasteiger partial charge in [-0.25, -0.2) is 4.39 Å². The van der Waals surface area contributed by atoms with Crippen LogP contribution in [0.5, 0.6) is 0 Å². The van der Waals surface area contributed by atoms with Crippen LogP contribution < -0.4 is 4.90 Å². The molecule has 1 aliphatic heterocycles.